The van der Waals surface area contributed by atoms with Crippen molar-refractivity contribution in [2.24, 2.45) is 5.73 Å². The molecular formula is C28H35N5O4. The van der Waals surface area contributed by atoms with Crippen LogP contribution in [-0.4, -0.2) is 58.0 Å². The van der Waals surface area contributed by atoms with Crippen LogP contribution in [0.2, 0.25) is 0 Å². The van der Waals surface area contributed by atoms with E-state index in [0.717, 1.165) is 44.3 Å². The number of nitrogens with zero attached hydrogens (tertiary/aromatic N) is 2. The van der Waals surface area contributed by atoms with Crippen molar-refractivity contribution in [1.29, 1.82) is 0 Å². The van der Waals surface area contributed by atoms with Gasteiger partial charge in [-0.1, -0.05) is 0 Å². The normalized spacial score (nSPS) is 27.0. The Labute approximate surface area is 216 Å². The Balaban J connectivity index is 1.25. The number of rotatable bonds is 7. The van der Waals surface area contributed by atoms with Gasteiger partial charge < -0.3 is 26.4 Å². The summed E-state index contributed by atoms with van der Waals surface area (Å²) < 4.78 is 0. The minimum Gasteiger partial charge on any atom is -0.393 e. The van der Waals surface area contributed by atoms with E-state index in [-0.39, 0.29) is 42.0 Å². The largest absolute Gasteiger partial charge is 0.393 e. The summed E-state index contributed by atoms with van der Waals surface area (Å²) in [5.41, 5.74) is 7.61. The Hall–Kier alpha value is -3.46. The van der Waals surface area contributed by atoms with Crippen LogP contribution in [-0.2, 0) is 0 Å². The molecule has 2 bridgehead atoms. The van der Waals surface area contributed by atoms with Gasteiger partial charge in [-0.05, 0) is 88.6 Å². The molecule has 37 heavy (non-hydrogen) atoms. The number of primary amides is 1. The quantitative estimate of drug-likeness (QED) is 0.425. The molecular weight excluding hydrogens is 470 g/mol. The summed E-state index contributed by atoms with van der Waals surface area (Å²) >= 11 is 0. The van der Waals surface area contributed by atoms with Crippen molar-refractivity contribution in [2.75, 3.05) is 10.2 Å². The van der Waals surface area contributed by atoms with Crippen molar-refractivity contribution in [3.05, 3.63) is 53.2 Å². The third-order valence-corrected chi connectivity index (χ3v) is 8.09. The molecule has 0 spiro atoms. The van der Waals surface area contributed by atoms with Crippen LogP contribution in [0, 0.1) is 0 Å². The lowest BCUT2D eigenvalue weighted by atomic mass is 9.92. The van der Waals surface area contributed by atoms with Crippen molar-refractivity contribution < 1.29 is 19.5 Å². The maximum atomic E-state index is 13.2. The molecule has 3 fully saturated rings. The SMILES string of the molecule is CC(=O)c1ccc(N2[C@@H]3CC[C@H]2CC(NC(=O)c2ccc(C(N)=O)c(NC4CCC(O)CC4)c2)C3)nc1. The number of hydrogen-bond acceptors (Lipinski definition) is 7. The van der Waals surface area contributed by atoms with E-state index >= 15 is 0 Å². The van der Waals surface area contributed by atoms with Gasteiger partial charge in [-0.15, -0.1) is 0 Å². The number of aliphatic hydroxyl groups excluding tert-OH is 1. The molecule has 3 aliphatic rings. The molecule has 1 saturated carbocycles. The second-order valence-electron chi connectivity index (χ2n) is 10.7. The number of Topliss-reactive ketones (excluding diaryl/α,β-unsaturated/α-hetero) is 1. The molecule has 196 valence electrons. The molecule has 2 aromatic rings. The van der Waals surface area contributed by atoms with Gasteiger partial charge in [0.1, 0.15) is 5.82 Å². The third-order valence-electron chi connectivity index (χ3n) is 8.09. The number of carbonyl (C=O) groups excluding carboxylic acids is 3. The third kappa shape index (κ3) is 5.46. The van der Waals surface area contributed by atoms with Crippen molar-refractivity contribution in [2.45, 2.75) is 88.6 Å². The van der Waals surface area contributed by atoms with Gasteiger partial charge in [-0.25, -0.2) is 4.98 Å². The predicted octanol–water partition coefficient (Wildman–Crippen LogP) is 3.03. The van der Waals surface area contributed by atoms with Crippen LogP contribution in [0.3, 0.4) is 0 Å². The number of aromatic nitrogens is 1. The number of carbonyl (C=O) groups is 3. The van der Waals surface area contributed by atoms with Gasteiger partial charge in [0.05, 0.1) is 11.7 Å². The highest BCUT2D eigenvalue weighted by Gasteiger charge is 2.41. The maximum absolute atomic E-state index is 13.2. The van der Waals surface area contributed by atoms with Crippen molar-refractivity contribution >= 4 is 29.1 Å². The molecule has 9 heteroatoms. The highest BCUT2D eigenvalue weighted by Crippen LogP contribution is 2.38. The molecule has 1 aromatic heterocycles. The van der Waals surface area contributed by atoms with Crippen molar-refractivity contribution in [3.8, 4) is 0 Å². The standard InChI is InChI=1S/C28H35N5O4/c1-16(34)18-3-11-26(30-15-18)33-21-6-7-22(33)14-20(13-21)32-28(37)17-2-10-24(27(29)36)25(12-17)31-19-4-8-23(35)9-5-19/h2-3,10-12,15,19-23,31,35H,4-9,13-14H2,1H3,(H2,29,36)(H,32,37)/t19?,20?,21-,22+,23?. The summed E-state index contributed by atoms with van der Waals surface area (Å²) in [6.45, 7) is 1.54. The van der Waals surface area contributed by atoms with E-state index < -0.39 is 5.91 Å². The molecule has 1 aliphatic carbocycles. The Bertz CT molecular complexity index is 1160. The number of nitrogens with one attached hydrogen (secondary N) is 2. The molecule has 3 heterocycles. The fourth-order valence-electron chi connectivity index (χ4n) is 6.14. The number of hydrogen-bond donors (Lipinski definition) is 4. The Morgan fingerprint density at radius 1 is 0.946 bits per heavy atom. The topological polar surface area (TPSA) is 138 Å². The van der Waals surface area contributed by atoms with Gasteiger partial charge in [-0.3, -0.25) is 14.4 Å². The van der Waals surface area contributed by atoms with E-state index in [0.29, 0.717) is 35.2 Å². The number of nitrogens with two attached hydrogens (primary N) is 1. The van der Waals surface area contributed by atoms with E-state index in [1.54, 1.807) is 24.4 Å². The summed E-state index contributed by atoms with van der Waals surface area (Å²) in [5, 5.41) is 16.4. The molecule has 1 aromatic carbocycles. The summed E-state index contributed by atoms with van der Waals surface area (Å²) in [6.07, 6.45) is 8.12. The van der Waals surface area contributed by atoms with E-state index in [1.807, 2.05) is 12.1 Å². The first-order valence-corrected chi connectivity index (χ1v) is 13.2. The van der Waals surface area contributed by atoms with Crippen LogP contribution >= 0.6 is 0 Å². The Morgan fingerprint density at radius 3 is 2.22 bits per heavy atom. The van der Waals surface area contributed by atoms with Gasteiger partial charge >= 0.3 is 0 Å². The monoisotopic (exact) mass is 505 g/mol. The Morgan fingerprint density at radius 2 is 1.62 bits per heavy atom. The molecule has 3 atom stereocenters. The molecule has 2 amide bonds. The van der Waals surface area contributed by atoms with E-state index in [2.05, 4.69) is 20.5 Å². The van der Waals surface area contributed by atoms with Crippen molar-refractivity contribution in [1.82, 2.24) is 10.3 Å². The average molecular weight is 506 g/mol. The van der Waals surface area contributed by atoms with Crippen LogP contribution < -0.4 is 21.3 Å². The highest BCUT2D eigenvalue weighted by atomic mass is 16.3. The molecule has 1 unspecified atom stereocenters. The predicted molar refractivity (Wildman–Crippen MR) is 141 cm³/mol. The van der Waals surface area contributed by atoms with Gasteiger partial charge in [0, 0.05) is 47.2 Å². The number of pyridine rings is 1. The minimum atomic E-state index is -0.542. The smallest absolute Gasteiger partial charge is 0.251 e. The van der Waals surface area contributed by atoms with E-state index in [4.69, 9.17) is 5.73 Å². The molecule has 2 saturated heterocycles. The number of benzene rings is 1. The number of ketones is 1. The van der Waals surface area contributed by atoms with E-state index in [1.165, 1.54) is 6.92 Å². The first kappa shape index (κ1) is 25.2. The van der Waals surface area contributed by atoms with E-state index in [9.17, 15) is 19.5 Å². The molecule has 2 aliphatic heterocycles. The second kappa shape index (κ2) is 10.5. The highest BCUT2D eigenvalue weighted by molar-refractivity contribution is 6.02. The van der Waals surface area contributed by atoms with Gasteiger partial charge in [-0.2, -0.15) is 0 Å². The molecule has 9 nitrogen and oxygen atoms in total. The summed E-state index contributed by atoms with van der Waals surface area (Å²) in [6, 6.07) is 9.46. The molecule has 5 rings (SSSR count). The summed E-state index contributed by atoms with van der Waals surface area (Å²) in [7, 11) is 0. The van der Waals surface area contributed by atoms with Crippen LogP contribution in [0.4, 0.5) is 11.5 Å². The number of aliphatic hydroxyl groups is 1. The Kier molecular flexibility index (Phi) is 7.15. The van der Waals surface area contributed by atoms with Crippen LogP contribution in [0.5, 0.6) is 0 Å². The number of piperidine rings is 1. The number of anilines is 2. The second-order valence-corrected chi connectivity index (χ2v) is 10.7. The van der Waals surface area contributed by atoms with Crippen LogP contribution in [0.1, 0.15) is 89.4 Å². The fourth-order valence-corrected chi connectivity index (χ4v) is 6.14. The zero-order chi connectivity index (χ0) is 26.1. The zero-order valence-electron chi connectivity index (χ0n) is 21.2. The first-order chi connectivity index (χ1) is 17.8. The van der Waals surface area contributed by atoms with Gasteiger partial charge in [0.15, 0.2) is 5.78 Å². The maximum Gasteiger partial charge on any atom is 0.251 e. The first-order valence-electron chi connectivity index (χ1n) is 13.2. The fraction of sp³-hybridized carbons (Fsp3) is 0.500. The number of amides is 2. The summed E-state index contributed by atoms with van der Waals surface area (Å²) in [4.78, 5) is 43.7. The summed E-state index contributed by atoms with van der Waals surface area (Å²) in [5.74, 6) is 0.178. The lowest BCUT2D eigenvalue weighted by molar-refractivity contribution is 0.0924. The number of fused-ring (bicyclic) bond motifs is 2. The van der Waals surface area contributed by atoms with Crippen LogP contribution in [0.25, 0.3) is 0 Å². The van der Waals surface area contributed by atoms with Gasteiger partial charge in [0.25, 0.3) is 11.8 Å². The average Bonchev–Trinajstić information content (AvgIpc) is 3.15. The molecule has 0 radical (unpaired) electrons. The van der Waals surface area contributed by atoms with Gasteiger partial charge in [0.2, 0.25) is 0 Å². The lowest BCUT2D eigenvalue weighted by Gasteiger charge is -2.40. The lowest BCUT2D eigenvalue weighted by Crippen LogP contribution is -2.50. The van der Waals surface area contributed by atoms with Crippen LogP contribution in [0.15, 0.2) is 36.5 Å². The van der Waals surface area contributed by atoms with Crippen molar-refractivity contribution in [3.63, 3.8) is 0 Å². The minimum absolute atomic E-state index is 0.00296. The zero-order valence-corrected chi connectivity index (χ0v) is 21.2. The molecule has 5 N–H and O–H groups in total.